The zero-order valence-corrected chi connectivity index (χ0v) is 18.3. The van der Waals surface area contributed by atoms with Gasteiger partial charge >= 0.3 is 5.03 Å². The van der Waals surface area contributed by atoms with Crippen molar-refractivity contribution in [3.8, 4) is 0 Å². The maximum absolute atomic E-state index is 12.9. The fourth-order valence-corrected chi connectivity index (χ4v) is 4.98. The molecule has 4 atom stereocenters. The Balaban J connectivity index is 1.64. The van der Waals surface area contributed by atoms with E-state index >= 15 is 0 Å². The molecule has 0 amide bonds. The highest BCUT2D eigenvalue weighted by atomic mass is 32.2. The molecule has 1 N–H and O–H groups in total. The predicted octanol–water partition coefficient (Wildman–Crippen LogP) is 3.50. The lowest BCUT2D eigenvalue weighted by atomic mass is 10.1. The Bertz CT molecular complexity index is 1140. The number of ether oxygens (including phenoxy) is 4. The molecule has 168 valence electrons. The van der Waals surface area contributed by atoms with Gasteiger partial charge in [-0.1, -0.05) is 48.5 Å². The van der Waals surface area contributed by atoms with Gasteiger partial charge < -0.3 is 24.1 Å². The highest BCUT2D eigenvalue weighted by molar-refractivity contribution is 7.95. The van der Waals surface area contributed by atoms with E-state index in [0.717, 1.165) is 5.56 Å². The summed E-state index contributed by atoms with van der Waals surface area (Å²) >= 11 is 0. The molecule has 32 heavy (non-hydrogen) atoms. The molecular weight excluding hydrogens is 436 g/mol. The van der Waals surface area contributed by atoms with E-state index < -0.39 is 51.0 Å². The number of benzene rings is 2. The molecule has 2 fully saturated rings. The molecule has 0 saturated carbocycles. The lowest BCUT2D eigenvalue weighted by Crippen LogP contribution is -2.32. The van der Waals surface area contributed by atoms with Crippen LogP contribution in [0.3, 0.4) is 0 Å². The molecule has 2 aliphatic heterocycles. The molecule has 2 heterocycles. The van der Waals surface area contributed by atoms with Crippen LogP contribution in [0.5, 0.6) is 0 Å². The topological polar surface area (TPSA) is 119 Å². The van der Waals surface area contributed by atoms with Crippen LogP contribution in [-0.4, -0.2) is 43.9 Å². The average Bonchev–Trinajstić information content (AvgIpc) is 3.26. The van der Waals surface area contributed by atoms with Gasteiger partial charge in [0.2, 0.25) is 11.2 Å². The van der Waals surface area contributed by atoms with Crippen LogP contribution in [0.4, 0.5) is 0 Å². The van der Waals surface area contributed by atoms with E-state index in [1.807, 2.05) is 30.3 Å². The second kappa shape index (κ2) is 8.61. The SMILES string of the molecule is CC1(C)O[C@@H]2[C@H](OCc3ccccc3)O[C@H](/C(O)=C(/[N+]#N)S(=O)(=O)c3ccccc3)[C@H]2O1. The zero-order chi connectivity index (χ0) is 22.9. The minimum atomic E-state index is -4.32. The van der Waals surface area contributed by atoms with E-state index in [1.165, 1.54) is 24.3 Å². The van der Waals surface area contributed by atoms with E-state index in [4.69, 9.17) is 18.9 Å². The third kappa shape index (κ3) is 4.26. The number of hydrogen-bond donors (Lipinski definition) is 1. The first kappa shape index (κ1) is 22.4. The standard InChI is InChI=1S/C22H22N2O7S/c1-22(2)30-18-17(16(25)20(24-23)32(26,27)15-11-7-4-8-12-15)29-21(19(18)31-22)28-13-14-9-5-3-6-10-14/h3-12,17-19,21H,13H2,1-2H3/p+1/b20-16+/t17-,18-,19+,21-/m1/s1. The van der Waals surface area contributed by atoms with Gasteiger partial charge in [0.05, 0.1) is 11.5 Å². The Morgan fingerprint density at radius 3 is 2.28 bits per heavy atom. The van der Waals surface area contributed by atoms with E-state index in [1.54, 1.807) is 19.9 Å². The van der Waals surface area contributed by atoms with Crippen LogP contribution in [-0.2, 0) is 35.4 Å². The van der Waals surface area contributed by atoms with Crippen molar-refractivity contribution in [1.82, 2.24) is 0 Å². The molecule has 10 heteroatoms. The van der Waals surface area contributed by atoms with Crippen molar-refractivity contribution in [2.24, 2.45) is 0 Å². The fourth-order valence-electron chi connectivity index (χ4n) is 3.74. The van der Waals surface area contributed by atoms with Crippen molar-refractivity contribution >= 4 is 9.84 Å². The lowest BCUT2D eigenvalue weighted by Gasteiger charge is -2.23. The van der Waals surface area contributed by atoms with Gasteiger partial charge in [0.15, 0.2) is 23.2 Å². The van der Waals surface area contributed by atoms with Crippen molar-refractivity contribution < 1.29 is 32.5 Å². The van der Waals surface area contributed by atoms with Crippen molar-refractivity contribution in [2.45, 2.75) is 55.7 Å². The third-order valence-electron chi connectivity index (χ3n) is 5.16. The Morgan fingerprint density at radius 2 is 1.66 bits per heavy atom. The minimum absolute atomic E-state index is 0.144. The molecule has 0 radical (unpaired) electrons. The Labute approximate surface area is 185 Å². The summed E-state index contributed by atoms with van der Waals surface area (Å²) in [5, 5.41) is 19.4. The first-order chi connectivity index (χ1) is 15.2. The summed E-state index contributed by atoms with van der Waals surface area (Å²) in [4.78, 5) is 2.73. The Morgan fingerprint density at radius 1 is 1.06 bits per heavy atom. The molecule has 4 rings (SSSR count). The van der Waals surface area contributed by atoms with Crippen molar-refractivity contribution in [1.29, 1.82) is 5.39 Å². The predicted molar refractivity (Wildman–Crippen MR) is 112 cm³/mol. The van der Waals surface area contributed by atoms with Gasteiger partial charge in [-0.25, -0.2) is 8.42 Å². The lowest BCUT2D eigenvalue weighted by molar-refractivity contribution is -0.234. The van der Waals surface area contributed by atoms with Gasteiger partial charge in [-0.05, 0) is 31.5 Å². The molecular formula is C22H23N2O7S+. The number of diazo groups is 1. The molecule has 0 aliphatic carbocycles. The first-order valence-electron chi connectivity index (χ1n) is 9.98. The molecule has 0 aromatic heterocycles. The largest absolute Gasteiger partial charge is 0.518 e. The molecule has 2 aliphatic rings. The van der Waals surface area contributed by atoms with E-state index in [9.17, 15) is 18.9 Å². The molecule has 0 spiro atoms. The van der Waals surface area contributed by atoms with Gasteiger partial charge in [-0.2, -0.15) is 0 Å². The average molecular weight is 460 g/mol. The van der Waals surface area contributed by atoms with Crippen LogP contribution in [0.15, 0.2) is 76.3 Å². The zero-order valence-electron chi connectivity index (χ0n) is 17.5. The highest BCUT2D eigenvalue weighted by Gasteiger charge is 2.59. The molecule has 2 saturated heterocycles. The summed E-state index contributed by atoms with van der Waals surface area (Å²) in [6, 6.07) is 16.7. The molecule has 2 aromatic carbocycles. The first-order valence-corrected chi connectivity index (χ1v) is 11.5. The van der Waals surface area contributed by atoms with Crippen LogP contribution in [0.25, 0.3) is 4.98 Å². The van der Waals surface area contributed by atoms with Crippen LogP contribution in [0.1, 0.15) is 19.4 Å². The molecule has 2 aromatic rings. The summed E-state index contributed by atoms with van der Waals surface area (Å²) in [6.07, 6.45) is -3.85. The van der Waals surface area contributed by atoms with Crippen molar-refractivity contribution in [3.05, 3.63) is 82.0 Å². The summed E-state index contributed by atoms with van der Waals surface area (Å²) in [5.41, 5.74) is 0.895. The van der Waals surface area contributed by atoms with Crippen LogP contribution in [0, 0.1) is 5.39 Å². The van der Waals surface area contributed by atoms with Crippen LogP contribution in [0.2, 0.25) is 0 Å². The van der Waals surface area contributed by atoms with E-state index in [0.29, 0.717) is 0 Å². The normalized spacial score (nSPS) is 27.4. The monoisotopic (exact) mass is 459 g/mol. The number of nitrogens with zero attached hydrogens (tertiary/aromatic N) is 2. The Kier molecular flexibility index (Phi) is 6.03. The summed E-state index contributed by atoms with van der Waals surface area (Å²) in [5.74, 6) is -1.81. The summed E-state index contributed by atoms with van der Waals surface area (Å²) in [6.45, 7) is 3.58. The summed E-state index contributed by atoms with van der Waals surface area (Å²) < 4.78 is 49.3. The van der Waals surface area contributed by atoms with Gasteiger partial charge in [0, 0.05) is 0 Å². The number of sulfone groups is 1. The minimum Gasteiger partial charge on any atom is -0.502 e. The quantitative estimate of drug-likeness (QED) is 0.515. The van der Waals surface area contributed by atoms with E-state index in [-0.39, 0.29) is 11.5 Å². The van der Waals surface area contributed by atoms with Crippen molar-refractivity contribution in [2.75, 3.05) is 0 Å². The number of rotatable bonds is 6. The molecule has 0 bridgehead atoms. The van der Waals surface area contributed by atoms with E-state index in [2.05, 4.69) is 4.98 Å². The van der Waals surface area contributed by atoms with Gasteiger partial charge in [0.25, 0.3) is 9.84 Å². The molecule has 0 unspecified atom stereocenters. The second-order valence-corrected chi connectivity index (χ2v) is 9.76. The number of fused-ring (bicyclic) bond motifs is 1. The fraction of sp³-hybridized carbons (Fsp3) is 0.364. The highest BCUT2D eigenvalue weighted by Crippen LogP contribution is 2.42. The Hall–Kier alpha value is -2.81. The van der Waals surface area contributed by atoms with Gasteiger partial charge in [-0.3, -0.25) is 0 Å². The number of aliphatic hydroxyl groups excluding tert-OH is 1. The molecule has 9 nitrogen and oxygen atoms in total. The van der Waals surface area contributed by atoms with Gasteiger partial charge in [0.1, 0.15) is 12.2 Å². The maximum Gasteiger partial charge on any atom is 0.518 e. The second-order valence-electron chi connectivity index (χ2n) is 7.89. The van der Waals surface area contributed by atoms with Gasteiger partial charge in [-0.15, -0.1) is 0 Å². The van der Waals surface area contributed by atoms with Crippen molar-refractivity contribution in [3.63, 3.8) is 0 Å². The third-order valence-corrected chi connectivity index (χ3v) is 6.85. The summed E-state index contributed by atoms with van der Waals surface area (Å²) in [7, 11) is -4.32. The smallest absolute Gasteiger partial charge is 0.502 e. The number of hydrogen-bond acceptors (Lipinski definition) is 8. The maximum atomic E-state index is 12.9. The van der Waals surface area contributed by atoms with Crippen LogP contribution < -0.4 is 0 Å². The van der Waals surface area contributed by atoms with Crippen LogP contribution >= 0.6 is 0 Å². The number of aliphatic hydroxyl groups is 1.